The number of thiazole rings is 1. The van der Waals surface area contributed by atoms with E-state index in [-0.39, 0.29) is 11.6 Å². The van der Waals surface area contributed by atoms with E-state index in [0.717, 1.165) is 49.8 Å². The summed E-state index contributed by atoms with van der Waals surface area (Å²) in [5, 5.41) is 14.0. The Morgan fingerprint density at radius 2 is 2.10 bits per heavy atom. The summed E-state index contributed by atoms with van der Waals surface area (Å²) in [6.45, 7) is 5.51. The first-order valence-corrected chi connectivity index (χ1v) is 8.50. The van der Waals surface area contributed by atoms with Gasteiger partial charge in [-0.15, -0.1) is 11.3 Å². The minimum absolute atomic E-state index is 0.0383. The average molecular weight is 296 g/mol. The maximum Gasteiger partial charge on any atom is 0.0954 e. The third-order valence-corrected chi connectivity index (χ3v) is 5.75. The Kier molecular flexibility index (Phi) is 4.40. The summed E-state index contributed by atoms with van der Waals surface area (Å²) >= 11 is 1.67. The van der Waals surface area contributed by atoms with Crippen LogP contribution < -0.4 is 0 Å². The van der Waals surface area contributed by atoms with E-state index < -0.39 is 0 Å². The van der Waals surface area contributed by atoms with E-state index in [2.05, 4.69) is 15.3 Å². The molecule has 1 aromatic rings. The Morgan fingerprint density at radius 1 is 1.40 bits per heavy atom. The molecular weight excluding hydrogens is 272 g/mol. The fraction of sp³-hybridized carbons (Fsp3) is 0.800. The highest BCUT2D eigenvalue weighted by Gasteiger charge is 2.45. The third-order valence-electron chi connectivity index (χ3n) is 4.77. The van der Waals surface area contributed by atoms with Gasteiger partial charge in [0.05, 0.1) is 24.3 Å². The normalized spacial score (nSPS) is 24.9. The van der Waals surface area contributed by atoms with E-state index in [9.17, 15) is 5.11 Å². The lowest BCUT2D eigenvalue weighted by Crippen LogP contribution is -2.59. The number of ether oxygens (including phenoxy) is 1. The number of rotatable bonds is 4. The SMILES string of the molecule is Cc1csc(CC(O)C2(N3CCOCC3)CCCC2)n1. The second kappa shape index (κ2) is 6.10. The molecule has 1 atom stereocenters. The van der Waals surface area contributed by atoms with Gasteiger partial charge < -0.3 is 9.84 Å². The highest BCUT2D eigenvalue weighted by atomic mass is 32.1. The van der Waals surface area contributed by atoms with E-state index in [0.29, 0.717) is 6.42 Å². The molecule has 2 aliphatic rings. The van der Waals surface area contributed by atoms with Crippen molar-refractivity contribution in [1.29, 1.82) is 0 Å². The van der Waals surface area contributed by atoms with Gasteiger partial charge in [0.2, 0.25) is 0 Å². The molecule has 1 aliphatic heterocycles. The second-order valence-corrected chi connectivity index (χ2v) is 6.96. The number of aliphatic hydroxyl groups is 1. The lowest BCUT2D eigenvalue weighted by molar-refractivity contribution is -0.0753. The number of aliphatic hydroxyl groups excluding tert-OH is 1. The molecule has 112 valence electrons. The maximum atomic E-state index is 10.9. The van der Waals surface area contributed by atoms with Crippen molar-refractivity contribution >= 4 is 11.3 Å². The monoisotopic (exact) mass is 296 g/mol. The van der Waals surface area contributed by atoms with Gasteiger partial charge in [0.15, 0.2) is 0 Å². The Labute approximate surface area is 124 Å². The van der Waals surface area contributed by atoms with Crippen LogP contribution in [0.5, 0.6) is 0 Å². The molecule has 2 fully saturated rings. The van der Waals surface area contributed by atoms with E-state index >= 15 is 0 Å². The molecule has 0 amide bonds. The van der Waals surface area contributed by atoms with Crippen LogP contribution in [-0.2, 0) is 11.2 Å². The van der Waals surface area contributed by atoms with Gasteiger partial charge in [-0.05, 0) is 19.8 Å². The van der Waals surface area contributed by atoms with Crippen LogP contribution in [0.3, 0.4) is 0 Å². The molecule has 0 radical (unpaired) electrons. The van der Waals surface area contributed by atoms with Crippen molar-refractivity contribution in [3.8, 4) is 0 Å². The van der Waals surface area contributed by atoms with E-state index in [1.54, 1.807) is 11.3 Å². The molecule has 1 N–H and O–H groups in total. The lowest BCUT2D eigenvalue weighted by Gasteiger charge is -2.46. The molecule has 1 saturated heterocycles. The van der Waals surface area contributed by atoms with Crippen LogP contribution in [0.1, 0.15) is 36.4 Å². The zero-order chi connectivity index (χ0) is 14.0. The summed E-state index contributed by atoms with van der Waals surface area (Å²) in [5.74, 6) is 0. The highest BCUT2D eigenvalue weighted by Crippen LogP contribution is 2.39. The first-order chi connectivity index (χ1) is 9.71. The topological polar surface area (TPSA) is 45.6 Å². The van der Waals surface area contributed by atoms with Gasteiger partial charge in [-0.25, -0.2) is 4.98 Å². The van der Waals surface area contributed by atoms with Crippen molar-refractivity contribution in [2.75, 3.05) is 26.3 Å². The molecule has 0 spiro atoms. The summed E-state index contributed by atoms with van der Waals surface area (Å²) < 4.78 is 5.47. The smallest absolute Gasteiger partial charge is 0.0954 e. The lowest BCUT2D eigenvalue weighted by atomic mass is 9.86. The molecule has 20 heavy (non-hydrogen) atoms. The van der Waals surface area contributed by atoms with Crippen molar-refractivity contribution in [2.45, 2.75) is 50.7 Å². The molecular formula is C15H24N2O2S. The van der Waals surface area contributed by atoms with Crippen molar-refractivity contribution in [1.82, 2.24) is 9.88 Å². The zero-order valence-corrected chi connectivity index (χ0v) is 13.0. The molecule has 1 aliphatic carbocycles. The van der Waals surface area contributed by atoms with E-state index in [1.807, 2.05) is 6.92 Å². The van der Waals surface area contributed by atoms with Gasteiger partial charge in [-0.2, -0.15) is 0 Å². The molecule has 4 nitrogen and oxygen atoms in total. The minimum Gasteiger partial charge on any atom is -0.391 e. The highest BCUT2D eigenvalue weighted by molar-refractivity contribution is 7.09. The number of hydrogen-bond donors (Lipinski definition) is 1. The third kappa shape index (κ3) is 2.77. The quantitative estimate of drug-likeness (QED) is 0.923. The van der Waals surface area contributed by atoms with Crippen LogP contribution in [0.4, 0.5) is 0 Å². The predicted molar refractivity (Wildman–Crippen MR) is 80.2 cm³/mol. The van der Waals surface area contributed by atoms with Gasteiger partial charge in [-0.3, -0.25) is 4.90 Å². The van der Waals surface area contributed by atoms with Crippen LogP contribution in [0, 0.1) is 6.92 Å². The van der Waals surface area contributed by atoms with Gasteiger partial charge in [0, 0.05) is 36.1 Å². The van der Waals surface area contributed by atoms with Crippen LogP contribution in [0.2, 0.25) is 0 Å². The van der Waals surface area contributed by atoms with Gasteiger partial charge >= 0.3 is 0 Å². The zero-order valence-electron chi connectivity index (χ0n) is 12.2. The molecule has 1 aromatic heterocycles. The number of nitrogens with zero attached hydrogens (tertiary/aromatic N) is 2. The first kappa shape index (κ1) is 14.4. The molecule has 1 saturated carbocycles. The van der Waals surface area contributed by atoms with Gasteiger partial charge in [-0.1, -0.05) is 12.8 Å². The van der Waals surface area contributed by atoms with Gasteiger partial charge in [0.1, 0.15) is 0 Å². The molecule has 2 heterocycles. The summed E-state index contributed by atoms with van der Waals surface area (Å²) in [6, 6.07) is 0. The van der Waals surface area contributed by atoms with Crippen LogP contribution in [0.25, 0.3) is 0 Å². The molecule has 5 heteroatoms. The fourth-order valence-corrected chi connectivity index (χ4v) is 4.52. The Morgan fingerprint density at radius 3 is 2.70 bits per heavy atom. The van der Waals surface area contributed by atoms with Crippen molar-refractivity contribution in [3.63, 3.8) is 0 Å². The number of hydrogen-bond acceptors (Lipinski definition) is 5. The van der Waals surface area contributed by atoms with E-state index in [4.69, 9.17) is 4.74 Å². The molecule has 0 bridgehead atoms. The maximum absolute atomic E-state index is 10.9. The molecule has 3 rings (SSSR count). The minimum atomic E-state index is -0.311. The number of aromatic nitrogens is 1. The fourth-order valence-electron chi connectivity index (χ4n) is 3.71. The predicted octanol–water partition coefficient (Wildman–Crippen LogP) is 2.00. The summed E-state index contributed by atoms with van der Waals surface area (Å²) in [6.07, 6.45) is 5.05. The largest absolute Gasteiger partial charge is 0.391 e. The van der Waals surface area contributed by atoms with Gasteiger partial charge in [0.25, 0.3) is 0 Å². The first-order valence-electron chi connectivity index (χ1n) is 7.62. The van der Waals surface area contributed by atoms with Crippen LogP contribution >= 0.6 is 11.3 Å². The summed E-state index contributed by atoms with van der Waals surface area (Å²) in [7, 11) is 0. The number of morpholine rings is 1. The average Bonchev–Trinajstić information content (AvgIpc) is 3.10. The van der Waals surface area contributed by atoms with Crippen molar-refractivity contribution in [2.24, 2.45) is 0 Å². The van der Waals surface area contributed by atoms with Crippen LogP contribution in [-0.4, -0.2) is 52.9 Å². The summed E-state index contributed by atoms with van der Waals surface area (Å²) in [5.41, 5.74) is 1.02. The standard InChI is InChI=1S/C15H24N2O2S/c1-12-11-20-14(16-12)10-13(18)15(4-2-3-5-15)17-6-8-19-9-7-17/h11,13,18H,2-10H2,1H3. The number of aryl methyl sites for hydroxylation is 1. The van der Waals surface area contributed by atoms with Crippen LogP contribution in [0.15, 0.2) is 5.38 Å². The van der Waals surface area contributed by atoms with Crippen molar-refractivity contribution < 1.29 is 9.84 Å². The molecule has 1 unspecified atom stereocenters. The second-order valence-electron chi connectivity index (χ2n) is 6.01. The van der Waals surface area contributed by atoms with Crippen molar-refractivity contribution in [3.05, 3.63) is 16.1 Å². The van der Waals surface area contributed by atoms with E-state index in [1.165, 1.54) is 12.8 Å². The Balaban J connectivity index is 1.75. The summed E-state index contributed by atoms with van der Waals surface area (Å²) in [4.78, 5) is 6.99. The Bertz CT molecular complexity index is 437. The Hall–Kier alpha value is -0.490. The molecule has 0 aromatic carbocycles.